The summed E-state index contributed by atoms with van der Waals surface area (Å²) in [4.78, 5) is 0. The number of rotatable bonds is 4. The van der Waals surface area contributed by atoms with Gasteiger partial charge in [-0.3, -0.25) is 0 Å². The molecule has 17 heavy (non-hydrogen) atoms. The summed E-state index contributed by atoms with van der Waals surface area (Å²) < 4.78 is 0. The van der Waals surface area contributed by atoms with Gasteiger partial charge in [-0.25, -0.2) is 5.26 Å². The molecule has 1 saturated heterocycles. The number of hydrogen-bond acceptors (Lipinski definition) is 2. The Hall–Kier alpha value is -1.27. The molecule has 1 aliphatic heterocycles. The lowest BCUT2D eigenvalue weighted by Gasteiger charge is -2.23. The second kappa shape index (κ2) is 6.47. The van der Waals surface area contributed by atoms with Crippen molar-refractivity contribution in [2.24, 2.45) is 5.92 Å². The van der Waals surface area contributed by atoms with Crippen LogP contribution in [0.3, 0.4) is 0 Å². The second-order valence-corrected chi connectivity index (χ2v) is 4.96. The van der Waals surface area contributed by atoms with Crippen LogP contribution in [-0.4, -0.2) is 13.3 Å². The van der Waals surface area contributed by atoms with Gasteiger partial charge in [0.25, 0.3) is 6.71 Å². The molecular weight excluding hydrogens is 207 g/mol. The van der Waals surface area contributed by atoms with Crippen LogP contribution in [0.2, 0.25) is 12.6 Å². The van der Waals surface area contributed by atoms with E-state index >= 15 is 0 Å². The van der Waals surface area contributed by atoms with Crippen LogP contribution in [0.4, 0.5) is 0 Å². The smallest absolute Gasteiger partial charge is 0.267 e. The summed E-state index contributed by atoms with van der Waals surface area (Å²) in [6, 6.07) is 10.5. The zero-order valence-corrected chi connectivity index (χ0v) is 10.2. The Balaban J connectivity index is 1.65. The molecule has 0 saturated carbocycles. The predicted molar refractivity (Wildman–Crippen MR) is 71.9 cm³/mol. The largest absolute Gasteiger partial charge is 0.312 e. The van der Waals surface area contributed by atoms with E-state index < -0.39 is 0 Å². The van der Waals surface area contributed by atoms with Crippen molar-refractivity contribution in [2.45, 2.75) is 32.0 Å². The molecule has 0 aromatic heterocycles. The highest BCUT2D eigenvalue weighted by Crippen LogP contribution is 2.24. The van der Waals surface area contributed by atoms with Gasteiger partial charge in [-0.1, -0.05) is 55.8 Å². The van der Waals surface area contributed by atoms with Gasteiger partial charge >= 0.3 is 0 Å². The normalized spacial score (nSPS) is 16.8. The van der Waals surface area contributed by atoms with Gasteiger partial charge in [0.15, 0.2) is 0 Å². The SMILES string of the molecule is N#CB1CCC(CNCc2ccccc2)CC1. The van der Waals surface area contributed by atoms with Gasteiger partial charge < -0.3 is 5.32 Å². The van der Waals surface area contributed by atoms with E-state index in [2.05, 4.69) is 35.6 Å². The van der Waals surface area contributed by atoms with Crippen molar-refractivity contribution in [3.8, 4) is 5.97 Å². The highest BCUT2D eigenvalue weighted by molar-refractivity contribution is 6.67. The molecule has 3 heteroatoms. The van der Waals surface area contributed by atoms with Crippen LogP contribution in [0.5, 0.6) is 0 Å². The molecule has 0 radical (unpaired) electrons. The van der Waals surface area contributed by atoms with Crippen molar-refractivity contribution < 1.29 is 0 Å². The molecular formula is C14H19BN2. The molecule has 1 aliphatic rings. The molecule has 1 N–H and O–H groups in total. The van der Waals surface area contributed by atoms with E-state index in [1.54, 1.807) is 0 Å². The summed E-state index contributed by atoms with van der Waals surface area (Å²) in [6.07, 6.45) is 4.60. The van der Waals surface area contributed by atoms with Crippen molar-refractivity contribution in [3.63, 3.8) is 0 Å². The number of hydrogen-bond donors (Lipinski definition) is 1. The fourth-order valence-electron chi connectivity index (χ4n) is 2.51. The third-order valence-corrected chi connectivity index (χ3v) is 3.63. The molecule has 0 aliphatic carbocycles. The van der Waals surface area contributed by atoms with Crippen molar-refractivity contribution in [3.05, 3.63) is 35.9 Å². The van der Waals surface area contributed by atoms with Crippen LogP contribution < -0.4 is 5.32 Å². The first-order chi connectivity index (χ1) is 8.38. The Morgan fingerprint density at radius 1 is 1.24 bits per heavy atom. The van der Waals surface area contributed by atoms with E-state index in [9.17, 15) is 0 Å². The third kappa shape index (κ3) is 3.91. The van der Waals surface area contributed by atoms with Crippen molar-refractivity contribution in [2.75, 3.05) is 6.54 Å². The minimum atomic E-state index is 0.320. The minimum absolute atomic E-state index is 0.320. The van der Waals surface area contributed by atoms with Gasteiger partial charge in [0.1, 0.15) is 0 Å². The van der Waals surface area contributed by atoms with E-state index in [0.29, 0.717) is 6.71 Å². The van der Waals surface area contributed by atoms with E-state index in [0.717, 1.165) is 31.6 Å². The fourth-order valence-corrected chi connectivity index (χ4v) is 2.51. The van der Waals surface area contributed by atoms with Crippen molar-refractivity contribution in [1.82, 2.24) is 5.32 Å². The first-order valence-electron chi connectivity index (χ1n) is 6.52. The third-order valence-electron chi connectivity index (χ3n) is 3.63. The lowest BCUT2D eigenvalue weighted by atomic mass is 9.42. The molecule has 1 heterocycles. The Kier molecular flexibility index (Phi) is 4.64. The maximum absolute atomic E-state index is 8.84. The second-order valence-electron chi connectivity index (χ2n) is 4.96. The molecule has 0 unspecified atom stereocenters. The average molecular weight is 226 g/mol. The Morgan fingerprint density at radius 3 is 2.59 bits per heavy atom. The van der Waals surface area contributed by atoms with Gasteiger partial charge in [-0.2, -0.15) is 0 Å². The fraction of sp³-hybridized carbons (Fsp3) is 0.500. The van der Waals surface area contributed by atoms with Crippen LogP contribution in [0.25, 0.3) is 0 Å². The van der Waals surface area contributed by atoms with Crippen LogP contribution in [0, 0.1) is 17.1 Å². The quantitative estimate of drug-likeness (QED) is 0.801. The summed E-state index contributed by atoms with van der Waals surface area (Å²) in [5.41, 5.74) is 1.35. The first kappa shape index (κ1) is 12.2. The van der Waals surface area contributed by atoms with E-state index in [4.69, 9.17) is 5.26 Å². The molecule has 0 amide bonds. The molecule has 88 valence electrons. The average Bonchev–Trinajstić information content (AvgIpc) is 2.41. The van der Waals surface area contributed by atoms with Crippen molar-refractivity contribution in [1.29, 1.82) is 5.26 Å². The first-order valence-corrected chi connectivity index (χ1v) is 6.52. The molecule has 0 spiro atoms. The molecule has 2 rings (SSSR count). The monoisotopic (exact) mass is 226 g/mol. The van der Waals surface area contributed by atoms with Gasteiger partial charge in [0, 0.05) is 12.5 Å². The number of nitrogens with one attached hydrogen (secondary N) is 1. The Labute approximate surface area is 104 Å². The van der Waals surface area contributed by atoms with E-state index in [1.165, 1.54) is 18.4 Å². The minimum Gasteiger partial charge on any atom is -0.312 e. The maximum atomic E-state index is 8.84. The predicted octanol–water partition coefficient (Wildman–Crippen LogP) is 2.74. The van der Waals surface area contributed by atoms with Gasteiger partial charge in [0.2, 0.25) is 0 Å². The number of nitriles is 1. The molecule has 1 aromatic carbocycles. The summed E-state index contributed by atoms with van der Waals surface area (Å²) in [6.45, 7) is 2.37. The topological polar surface area (TPSA) is 35.8 Å². The summed E-state index contributed by atoms with van der Waals surface area (Å²) in [7, 11) is 0. The van der Waals surface area contributed by atoms with Crippen LogP contribution in [0.15, 0.2) is 30.3 Å². The van der Waals surface area contributed by atoms with E-state index in [-0.39, 0.29) is 0 Å². The molecule has 0 atom stereocenters. The van der Waals surface area contributed by atoms with Gasteiger partial charge in [0.05, 0.1) is 0 Å². The lowest BCUT2D eigenvalue weighted by molar-refractivity contribution is 0.435. The summed E-state index contributed by atoms with van der Waals surface area (Å²) in [5.74, 6) is 3.15. The van der Waals surface area contributed by atoms with Gasteiger partial charge in [-0.05, 0) is 18.0 Å². The summed E-state index contributed by atoms with van der Waals surface area (Å²) in [5, 5.41) is 12.4. The van der Waals surface area contributed by atoms with Crippen molar-refractivity contribution >= 4 is 6.71 Å². The Bertz CT molecular complexity index is 364. The zero-order chi connectivity index (χ0) is 11.9. The Morgan fingerprint density at radius 2 is 1.94 bits per heavy atom. The summed E-state index contributed by atoms with van der Waals surface area (Å²) >= 11 is 0. The lowest BCUT2D eigenvalue weighted by Crippen LogP contribution is -2.28. The zero-order valence-electron chi connectivity index (χ0n) is 10.2. The molecule has 2 nitrogen and oxygen atoms in total. The molecule has 0 bridgehead atoms. The standard InChI is InChI=1S/C14H19BN2/c16-12-15-8-6-14(7-9-15)11-17-10-13-4-2-1-3-5-13/h1-5,14,17H,6-11H2. The molecule has 1 fully saturated rings. The van der Waals surface area contributed by atoms with Crippen LogP contribution >= 0.6 is 0 Å². The van der Waals surface area contributed by atoms with E-state index in [1.807, 2.05) is 6.07 Å². The highest BCUT2D eigenvalue weighted by atomic mass is 14.9. The molecule has 1 aromatic rings. The number of benzene rings is 1. The van der Waals surface area contributed by atoms with Gasteiger partial charge in [-0.15, -0.1) is 0 Å². The number of nitrogens with zero attached hydrogens (tertiary/aromatic N) is 1. The maximum Gasteiger partial charge on any atom is 0.267 e. The highest BCUT2D eigenvalue weighted by Gasteiger charge is 2.23. The van der Waals surface area contributed by atoms with Crippen LogP contribution in [-0.2, 0) is 6.54 Å². The van der Waals surface area contributed by atoms with Crippen LogP contribution in [0.1, 0.15) is 18.4 Å².